The number of rotatable bonds is 8. The molecule has 3 aromatic heterocycles. The molecule has 1 amide bonds. The molecule has 5 aromatic rings. The minimum atomic E-state index is -0.174. The number of benzene rings is 2. The molecule has 0 aliphatic heterocycles. The summed E-state index contributed by atoms with van der Waals surface area (Å²) in [5.74, 6) is 1.36. The lowest BCUT2D eigenvalue weighted by molar-refractivity contribution is -0.116. The highest BCUT2D eigenvalue weighted by Gasteiger charge is 2.05. The van der Waals surface area contributed by atoms with Crippen LogP contribution >= 0.6 is 0 Å². The number of carbonyl (C=O) groups excluding carboxylic acids is 1. The van der Waals surface area contributed by atoms with Gasteiger partial charge in [0.25, 0.3) is 0 Å². The van der Waals surface area contributed by atoms with Gasteiger partial charge < -0.3 is 10.1 Å². The van der Waals surface area contributed by atoms with Crippen LogP contribution in [0.1, 0.15) is 16.7 Å². The molecule has 0 radical (unpaired) electrons. The van der Waals surface area contributed by atoms with E-state index < -0.39 is 0 Å². The van der Waals surface area contributed by atoms with Gasteiger partial charge in [-0.15, -0.1) is 0 Å². The van der Waals surface area contributed by atoms with Crippen LogP contribution in [0.3, 0.4) is 0 Å². The number of hydrogen-bond donors (Lipinski definition) is 1. The van der Waals surface area contributed by atoms with Crippen LogP contribution in [0.15, 0.2) is 104 Å². The van der Waals surface area contributed by atoms with Gasteiger partial charge in [0.05, 0.1) is 11.0 Å². The van der Waals surface area contributed by atoms with Crippen LogP contribution in [-0.2, 0) is 17.9 Å². The van der Waals surface area contributed by atoms with E-state index in [1.54, 1.807) is 31.0 Å². The number of hydrogen-bond acceptors (Lipinski definition) is 5. The van der Waals surface area contributed by atoms with E-state index >= 15 is 0 Å². The monoisotopic (exact) mass is 461 g/mol. The van der Waals surface area contributed by atoms with Crippen molar-refractivity contribution in [2.24, 2.45) is 0 Å². The van der Waals surface area contributed by atoms with Crippen molar-refractivity contribution >= 4 is 23.0 Å². The predicted octanol–water partition coefficient (Wildman–Crippen LogP) is 4.72. The number of para-hydroxylation sites is 2. The number of amides is 1. The lowest BCUT2D eigenvalue weighted by atomic mass is 10.2. The molecule has 0 aliphatic carbocycles. The number of pyridine rings is 2. The molecular weight excluding hydrogens is 438 g/mol. The van der Waals surface area contributed by atoms with E-state index in [2.05, 4.69) is 20.3 Å². The summed E-state index contributed by atoms with van der Waals surface area (Å²) >= 11 is 0. The maximum atomic E-state index is 12.3. The highest BCUT2D eigenvalue weighted by Crippen LogP contribution is 2.17. The van der Waals surface area contributed by atoms with Crippen molar-refractivity contribution in [3.05, 3.63) is 120 Å². The van der Waals surface area contributed by atoms with Gasteiger partial charge in [0.2, 0.25) is 5.91 Å². The zero-order valence-electron chi connectivity index (χ0n) is 18.9. The number of aromatic nitrogens is 4. The second-order valence-corrected chi connectivity index (χ2v) is 7.90. The van der Waals surface area contributed by atoms with Crippen molar-refractivity contribution in [1.82, 2.24) is 24.8 Å². The van der Waals surface area contributed by atoms with Crippen molar-refractivity contribution in [3.8, 4) is 11.6 Å². The van der Waals surface area contributed by atoms with Gasteiger partial charge in [0, 0.05) is 36.8 Å². The third-order valence-electron chi connectivity index (χ3n) is 5.41. The Morgan fingerprint density at radius 2 is 1.80 bits per heavy atom. The Morgan fingerprint density at radius 1 is 0.914 bits per heavy atom. The maximum absolute atomic E-state index is 12.3. The highest BCUT2D eigenvalue weighted by molar-refractivity contribution is 5.91. The summed E-state index contributed by atoms with van der Waals surface area (Å²) in [6.07, 6.45) is 10.3. The summed E-state index contributed by atoms with van der Waals surface area (Å²) in [4.78, 5) is 25.3. The van der Waals surface area contributed by atoms with E-state index in [4.69, 9.17) is 4.74 Å². The summed E-state index contributed by atoms with van der Waals surface area (Å²) in [5, 5.41) is 2.89. The number of imidazole rings is 1. The Balaban J connectivity index is 1.12. The molecule has 0 spiro atoms. The fourth-order valence-corrected chi connectivity index (χ4v) is 3.55. The minimum Gasteiger partial charge on any atom is -0.489 e. The molecule has 0 fully saturated rings. The van der Waals surface area contributed by atoms with Crippen LogP contribution in [0.2, 0.25) is 0 Å². The van der Waals surface area contributed by atoms with Crippen LogP contribution in [0.5, 0.6) is 5.75 Å². The van der Waals surface area contributed by atoms with Crippen LogP contribution < -0.4 is 10.1 Å². The Morgan fingerprint density at radius 3 is 2.60 bits per heavy atom. The molecular formula is C28H23N5O2. The van der Waals surface area contributed by atoms with Crippen LogP contribution in [0, 0.1) is 0 Å². The Labute approximate surface area is 202 Å². The zero-order valence-corrected chi connectivity index (χ0v) is 18.9. The average Bonchev–Trinajstić information content (AvgIpc) is 3.35. The molecule has 0 saturated carbocycles. The number of fused-ring (bicyclic) bond motifs is 1. The first-order chi connectivity index (χ1) is 17.2. The van der Waals surface area contributed by atoms with Gasteiger partial charge in [-0.25, -0.2) is 9.97 Å². The van der Waals surface area contributed by atoms with Crippen LogP contribution in [-0.4, -0.2) is 25.4 Å². The third kappa shape index (κ3) is 5.59. The van der Waals surface area contributed by atoms with Crippen molar-refractivity contribution in [2.45, 2.75) is 13.2 Å². The minimum absolute atomic E-state index is 0.174. The van der Waals surface area contributed by atoms with Gasteiger partial charge in [-0.2, -0.15) is 0 Å². The predicted molar refractivity (Wildman–Crippen MR) is 135 cm³/mol. The molecule has 172 valence electrons. The normalized spacial score (nSPS) is 11.1. The molecule has 2 aromatic carbocycles. The molecule has 0 aliphatic rings. The Bertz CT molecular complexity index is 1440. The average molecular weight is 462 g/mol. The van der Waals surface area contributed by atoms with E-state index in [0.717, 1.165) is 39.3 Å². The van der Waals surface area contributed by atoms with Crippen molar-refractivity contribution < 1.29 is 9.53 Å². The number of ether oxygens (including phenoxy) is 1. The van der Waals surface area contributed by atoms with E-state index in [1.165, 1.54) is 6.08 Å². The van der Waals surface area contributed by atoms with E-state index in [0.29, 0.717) is 13.2 Å². The summed E-state index contributed by atoms with van der Waals surface area (Å²) in [6.45, 7) is 0.850. The lowest BCUT2D eigenvalue weighted by Crippen LogP contribution is -2.20. The highest BCUT2D eigenvalue weighted by atomic mass is 16.5. The van der Waals surface area contributed by atoms with Crippen molar-refractivity contribution in [1.29, 1.82) is 0 Å². The van der Waals surface area contributed by atoms with Crippen molar-refractivity contribution in [2.75, 3.05) is 0 Å². The van der Waals surface area contributed by atoms with Gasteiger partial charge in [0.1, 0.15) is 24.5 Å². The third-order valence-corrected chi connectivity index (χ3v) is 5.41. The topological polar surface area (TPSA) is 81.9 Å². The first-order valence-corrected chi connectivity index (χ1v) is 11.2. The number of nitrogens with one attached hydrogen (secondary N) is 1. The van der Waals surface area contributed by atoms with Gasteiger partial charge in [-0.3, -0.25) is 14.3 Å². The molecule has 0 unspecified atom stereocenters. The van der Waals surface area contributed by atoms with Crippen LogP contribution in [0.4, 0.5) is 0 Å². The molecule has 0 bridgehead atoms. The van der Waals surface area contributed by atoms with Gasteiger partial charge >= 0.3 is 0 Å². The molecule has 0 saturated heterocycles. The Kier molecular flexibility index (Phi) is 6.57. The standard InChI is InChI=1S/C28H23N5O2/c34-28(14-10-21-7-11-24(12-8-21)35-19-23-4-3-15-29-16-23)31-18-22-9-13-27(30-17-22)33-20-32-25-5-1-2-6-26(25)33/h1-17,20H,18-19H2,(H,31,34)/b14-10+. The zero-order chi connectivity index (χ0) is 23.9. The van der Waals surface area contributed by atoms with Gasteiger partial charge in [-0.05, 0) is 53.6 Å². The largest absolute Gasteiger partial charge is 0.489 e. The molecule has 3 heterocycles. The van der Waals surface area contributed by atoms with Crippen molar-refractivity contribution in [3.63, 3.8) is 0 Å². The molecule has 1 N–H and O–H groups in total. The SMILES string of the molecule is O=C(/C=C/c1ccc(OCc2cccnc2)cc1)NCc1ccc(-n2cnc3ccccc32)nc1. The maximum Gasteiger partial charge on any atom is 0.244 e. The molecule has 0 atom stereocenters. The Hall–Kier alpha value is -4.78. The summed E-state index contributed by atoms with van der Waals surface area (Å²) < 4.78 is 7.70. The summed E-state index contributed by atoms with van der Waals surface area (Å²) in [7, 11) is 0. The summed E-state index contributed by atoms with van der Waals surface area (Å²) in [6, 6.07) is 23.2. The second-order valence-electron chi connectivity index (χ2n) is 7.90. The molecule has 7 heteroatoms. The number of nitrogens with zero attached hydrogens (tertiary/aromatic N) is 4. The second kappa shape index (κ2) is 10.4. The molecule has 35 heavy (non-hydrogen) atoms. The van der Waals surface area contributed by atoms with E-state index in [9.17, 15) is 4.79 Å². The molecule has 5 rings (SSSR count). The summed E-state index contributed by atoms with van der Waals surface area (Å²) in [5.41, 5.74) is 4.75. The smallest absolute Gasteiger partial charge is 0.244 e. The van der Waals surface area contributed by atoms with Gasteiger partial charge in [0.15, 0.2) is 0 Å². The molecule has 7 nitrogen and oxygen atoms in total. The van der Waals surface area contributed by atoms with Gasteiger partial charge in [-0.1, -0.05) is 36.4 Å². The first-order valence-electron chi connectivity index (χ1n) is 11.2. The van der Waals surface area contributed by atoms with E-state index in [-0.39, 0.29) is 5.91 Å². The first kappa shape index (κ1) is 22.0. The fourth-order valence-electron chi connectivity index (χ4n) is 3.55. The van der Waals surface area contributed by atoms with E-state index in [1.807, 2.05) is 77.4 Å². The van der Waals surface area contributed by atoms with Crippen LogP contribution in [0.25, 0.3) is 22.9 Å². The lowest BCUT2D eigenvalue weighted by Gasteiger charge is -2.06. The number of carbonyl (C=O) groups is 1. The quantitative estimate of drug-likeness (QED) is 0.338. The fraction of sp³-hybridized carbons (Fsp3) is 0.0714.